The summed E-state index contributed by atoms with van der Waals surface area (Å²) in [5.41, 5.74) is 2.42. The minimum absolute atomic E-state index is 0.522. The predicted octanol–water partition coefficient (Wildman–Crippen LogP) is 5.38. The Morgan fingerprint density at radius 2 is 0.950 bits per heavy atom. The Bertz CT molecular complexity index is 331. The van der Waals surface area contributed by atoms with Crippen LogP contribution in [0.25, 0.3) is 0 Å². The molecule has 20 heavy (non-hydrogen) atoms. The second-order valence-electron chi connectivity index (χ2n) is 6.93. The highest BCUT2D eigenvalue weighted by Crippen LogP contribution is 2.18. The number of anilines is 2. The van der Waals surface area contributed by atoms with E-state index >= 15 is 0 Å². The van der Waals surface area contributed by atoms with E-state index in [2.05, 4.69) is 76.4 Å². The molecule has 2 N–H and O–H groups in total. The van der Waals surface area contributed by atoms with E-state index in [4.69, 9.17) is 0 Å². The van der Waals surface area contributed by atoms with Crippen LogP contribution >= 0.6 is 0 Å². The molecule has 0 aromatic heterocycles. The Hall–Kier alpha value is -1.18. The van der Waals surface area contributed by atoms with Crippen molar-refractivity contribution < 1.29 is 0 Å². The lowest BCUT2D eigenvalue weighted by atomic mass is 10.0. The number of nitrogens with one attached hydrogen (secondary N) is 2. The summed E-state index contributed by atoms with van der Waals surface area (Å²) in [5, 5.41) is 7.12. The average Bonchev–Trinajstić information content (AvgIpc) is 2.29. The van der Waals surface area contributed by atoms with E-state index in [0.29, 0.717) is 12.1 Å². The fraction of sp³-hybridized carbons (Fsp3) is 0.667. The van der Waals surface area contributed by atoms with Gasteiger partial charge in [0.25, 0.3) is 0 Å². The number of benzene rings is 1. The molecular formula is C18H32N2. The molecule has 1 rings (SSSR count). The zero-order chi connectivity index (χ0) is 15.1. The Labute approximate surface area is 125 Å². The Kier molecular flexibility index (Phi) is 6.90. The summed E-state index contributed by atoms with van der Waals surface area (Å²) in [6.07, 6.45) is 2.40. The molecule has 1 aromatic rings. The maximum absolute atomic E-state index is 3.56. The largest absolute Gasteiger partial charge is 0.383 e. The molecule has 0 aliphatic rings. The van der Waals surface area contributed by atoms with Gasteiger partial charge in [0.1, 0.15) is 0 Å². The van der Waals surface area contributed by atoms with Gasteiger partial charge in [0.2, 0.25) is 0 Å². The van der Waals surface area contributed by atoms with E-state index in [9.17, 15) is 0 Å². The van der Waals surface area contributed by atoms with Crippen molar-refractivity contribution in [3.8, 4) is 0 Å². The molecule has 0 amide bonds. The molecule has 0 radical (unpaired) electrons. The summed E-state index contributed by atoms with van der Waals surface area (Å²) in [6.45, 7) is 13.6. The van der Waals surface area contributed by atoms with Crippen LogP contribution in [-0.4, -0.2) is 12.1 Å². The van der Waals surface area contributed by atoms with Crippen molar-refractivity contribution in [2.75, 3.05) is 10.6 Å². The lowest BCUT2D eigenvalue weighted by molar-refractivity contribution is 0.539. The highest BCUT2D eigenvalue weighted by Gasteiger charge is 2.06. The van der Waals surface area contributed by atoms with Crippen molar-refractivity contribution >= 4 is 11.4 Å². The predicted molar refractivity (Wildman–Crippen MR) is 91.5 cm³/mol. The van der Waals surface area contributed by atoms with E-state index in [1.807, 2.05) is 0 Å². The van der Waals surface area contributed by atoms with Crippen LogP contribution in [0.5, 0.6) is 0 Å². The summed E-state index contributed by atoms with van der Waals surface area (Å²) < 4.78 is 0. The zero-order valence-electron chi connectivity index (χ0n) is 14.0. The molecule has 2 atom stereocenters. The number of rotatable bonds is 8. The van der Waals surface area contributed by atoms with Crippen molar-refractivity contribution in [1.82, 2.24) is 0 Å². The first-order valence-corrected chi connectivity index (χ1v) is 8.00. The SMILES string of the molecule is CC(C)CC(C)Nc1ccc(NC(C)CC(C)C)cc1. The molecule has 2 unspecified atom stereocenters. The first-order valence-electron chi connectivity index (χ1n) is 8.00. The molecule has 1 aromatic carbocycles. The van der Waals surface area contributed by atoms with Crippen molar-refractivity contribution in [2.45, 2.75) is 66.5 Å². The number of hydrogen-bond donors (Lipinski definition) is 2. The molecule has 0 saturated carbocycles. The molecule has 0 saturated heterocycles. The third-order valence-corrected chi connectivity index (χ3v) is 3.36. The molecule has 2 heteroatoms. The van der Waals surface area contributed by atoms with Gasteiger partial charge in [0, 0.05) is 23.5 Å². The van der Waals surface area contributed by atoms with Gasteiger partial charge in [-0.25, -0.2) is 0 Å². The summed E-state index contributed by atoms with van der Waals surface area (Å²) in [6, 6.07) is 9.72. The first kappa shape index (κ1) is 16.9. The molecule has 0 aliphatic carbocycles. The van der Waals surface area contributed by atoms with Crippen LogP contribution < -0.4 is 10.6 Å². The lowest BCUT2D eigenvalue weighted by Gasteiger charge is -2.19. The van der Waals surface area contributed by atoms with Gasteiger partial charge in [-0.15, -0.1) is 0 Å². The van der Waals surface area contributed by atoms with Crippen LogP contribution in [-0.2, 0) is 0 Å². The molecule has 114 valence electrons. The third-order valence-electron chi connectivity index (χ3n) is 3.36. The van der Waals surface area contributed by atoms with E-state index in [1.165, 1.54) is 24.2 Å². The van der Waals surface area contributed by atoms with Gasteiger partial charge < -0.3 is 10.6 Å². The fourth-order valence-electron chi connectivity index (χ4n) is 2.76. The lowest BCUT2D eigenvalue weighted by Crippen LogP contribution is -2.18. The molecule has 0 bridgehead atoms. The minimum Gasteiger partial charge on any atom is -0.383 e. The second-order valence-corrected chi connectivity index (χ2v) is 6.93. The average molecular weight is 276 g/mol. The summed E-state index contributed by atoms with van der Waals surface area (Å²) in [4.78, 5) is 0. The normalized spacial score (nSPS) is 14.4. The summed E-state index contributed by atoms with van der Waals surface area (Å²) in [5.74, 6) is 1.46. The zero-order valence-corrected chi connectivity index (χ0v) is 14.0. The van der Waals surface area contributed by atoms with Gasteiger partial charge in [-0.1, -0.05) is 27.7 Å². The highest BCUT2D eigenvalue weighted by molar-refractivity contribution is 5.54. The topological polar surface area (TPSA) is 24.1 Å². The van der Waals surface area contributed by atoms with Crippen molar-refractivity contribution in [3.63, 3.8) is 0 Å². The molecule has 0 spiro atoms. The van der Waals surface area contributed by atoms with E-state index in [0.717, 1.165) is 11.8 Å². The number of hydrogen-bond acceptors (Lipinski definition) is 2. The summed E-state index contributed by atoms with van der Waals surface area (Å²) >= 11 is 0. The maximum atomic E-state index is 3.56. The molecule has 2 nitrogen and oxygen atoms in total. The van der Waals surface area contributed by atoms with Crippen LogP contribution in [0.3, 0.4) is 0 Å². The van der Waals surface area contributed by atoms with Crippen molar-refractivity contribution in [3.05, 3.63) is 24.3 Å². The van der Waals surface area contributed by atoms with Crippen molar-refractivity contribution in [2.24, 2.45) is 11.8 Å². The Balaban J connectivity index is 2.47. The van der Waals surface area contributed by atoms with Crippen LogP contribution in [0.4, 0.5) is 11.4 Å². The van der Waals surface area contributed by atoms with E-state index in [1.54, 1.807) is 0 Å². The smallest absolute Gasteiger partial charge is 0.0343 e. The van der Waals surface area contributed by atoms with Gasteiger partial charge in [-0.2, -0.15) is 0 Å². The highest BCUT2D eigenvalue weighted by atomic mass is 14.9. The molecular weight excluding hydrogens is 244 g/mol. The Morgan fingerprint density at radius 3 is 1.20 bits per heavy atom. The third kappa shape index (κ3) is 6.83. The Morgan fingerprint density at radius 1 is 0.650 bits per heavy atom. The van der Waals surface area contributed by atoms with Gasteiger partial charge >= 0.3 is 0 Å². The van der Waals surface area contributed by atoms with E-state index in [-0.39, 0.29) is 0 Å². The first-order chi connectivity index (χ1) is 9.36. The second kappa shape index (κ2) is 8.18. The van der Waals surface area contributed by atoms with Crippen LogP contribution in [0.1, 0.15) is 54.4 Å². The standard InChI is InChI=1S/C18H32N2/c1-13(2)11-15(5)19-17-7-9-18(10-8-17)20-16(6)12-14(3)4/h7-10,13-16,19-20H,11-12H2,1-6H3. The summed E-state index contributed by atoms with van der Waals surface area (Å²) in [7, 11) is 0. The quantitative estimate of drug-likeness (QED) is 0.666. The maximum Gasteiger partial charge on any atom is 0.0343 e. The van der Waals surface area contributed by atoms with Crippen LogP contribution in [0, 0.1) is 11.8 Å². The fourth-order valence-corrected chi connectivity index (χ4v) is 2.76. The molecule has 0 aliphatic heterocycles. The van der Waals surface area contributed by atoms with Gasteiger partial charge in [-0.05, 0) is 62.8 Å². The molecule has 0 fully saturated rings. The van der Waals surface area contributed by atoms with Gasteiger partial charge in [0.05, 0.1) is 0 Å². The van der Waals surface area contributed by atoms with Crippen LogP contribution in [0.2, 0.25) is 0 Å². The van der Waals surface area contributed by atoms with Crippen LogP contribution in [0.15, 0.2) is 24.3 Å². The van der Waals surface area contributed by atoms with Crippen molar-refractivity contribution in [1.29, 1.82) is 0 Å². The monoisotopic (exact) mass is 276 g/mol. The minimum atomic E-state index is 0.522. The van der Waals surface area contributed by atoms with Gasteiger partial charge in [-0.3, -0.25) is 0 Å². The van der Waals surface area contributed by atoms with Gasteiger partial charge in [0.15, 0.2) is 0 Å². The van der Waals surface area contributed by atoms with E-state index < -0.39 is 0 Å². The molecule has 0 heterocycles.